The van der Waals surface area contributed by atoms with Crippen molar-refractivity contribution in [2.24, 2.45) is 22.4 Å². The van der Waals surface area contributed by atoms with Crippen LogP contribution in [0.3, 0.4) is 0 Å². The predicted octanol–water partition coefficient (Wildman–Crippen LogP) is 3.29. The first-order valence-corrected chi connectivity index (χ1v) is 4.86. The number of nitrogens with zero attached hydrogens (tertiary/aromatic N) is 3. The zero-order valence-corrected chi connectivity index (χ0v) is 8.20. The van der Waals surface area contributed by atoms with Crippen LogP contribution >= 0.6 is 0 Å². The second-order valence-electron chi connectivity index (χ2n) is 4.71. The lowest BCUT2D eigenvalue weighted by Crippen LogP contribution is -2.48. The monoisotopic (exact) mass is 177 g/mol. The van der Waals surface area contributed by atoms with Crippen LogP contribution in [0.1, 0.15) is 26.7 Å². The van der Waals surface area contributed by atoms with Crippen LogP contribution in [0.15, 0.2) is 16.8 Å². The second kappa shape index (κ2) is 2.78. The number of allylic oxidation sites excluding steroid dienone is 1. The lowest BCUT2D eigenvalue weighted by Gasteiger charge is -2.56. The van der Waals surface area contributed by atoms with Gasteiger partial charge in [0.25, 0.3) is 0 Å². The van der Waals surface area contributed by atoms with Crippen LogP contribution in [-0.4, -0.2) is 6.54 Å². The van der Waals surface area contributed by atoms with E-state index in [1.807, 2.05) is 0 Å². The smallest absolute Gasteiger partial charge is 0.0472 e. The van der Waals surface area contributed by atoms with Crippen LogP contribution in [0.4, 0.5) is 0 Å². The van der Waals surface area contributed by atoms with Crippen LogP contribution in [0.5, 0.6) is 0 Å². The fourth-order valence-electron chi connectivity index (χ4n) is 2.77. The van der Waals surface area contributed by atoms with Gasteiger partial charge in [-0.3, -0.25) is 0 Å². The van der Waals surface area contributed by atoms with Gasteiger partial charge in [0.15, 0.2) is 0 Å². The maximum absolute atomic E-state index is 8.26. The zero-order valence-electron chi connectivity index (χ0n) is 8.20. The Hall–Kier alpha value is -0.950. The van der Waals surface area contributed by atoms with E-state index < -0.39 is 0 Å². The molecule has 13 heavy (non-hydrogen) atoms. The summed E-state index contributed by atoms with van der Waals surface area (Å²) in [5.74, 6) is 1.55. The van der Waals surface area contributed by atoms with Crippen molar-refractivity contribution in [2.45, 2.75) is 26.7 Å². The van der Waals surface area contributed by atoms with Crippen LogP contribution in [0, 0.1) is 17.3 Å². The molecule has 1 saturated carbocycles. The maximum Gasteiger partial charge on any atom is 0.0472 e. The highest BCUT2D eigenvalue weighted by molar-refractivity contribution is 5.24. The van der Waals surface area contributed by atoms with Crippen LogP contribution in [0.2, 0.25) is 0 Å². The minimum Gasteiger partial charge on any atom is -0.0896 e. The minimum absolute atomic E-state index is 0.453. The Morgan fingerprint density at radius 3 is 3.00 bits per heavy atom. The van der Waals surface area contributed by atoms with E-state index in [2.05, 4.69) is 29.9 Å². The highest BCUT2D eigenvalue weighted by atomic mass is 15.1. The topological polar surface area (TPSA) is 48.8 Å². The summed E-state index contributed by atoms with van der Waals surface area (Å²) in [5, 5.41) is 3.65. The Bertz CT molecular complexity index is 297. The van der Waals surface area contributed by atoms with Gasteiger partial charge in [-0.05, 0) is 35.6 Å². The maximum atomic E-state index is 8.26. The molecule has 0 aromatic heterocycles. The van der Waals surface area contributed by atoms with Crippen LogP contribution < -0.4 is 0 Å². The normalized spacial score (nSPS) is 34.2. The third kappa shape index (κ3) is 1.15. The van der Waals surface area contributed by atoms with Gasteiger partial charge in [-0.15, -0.1) is 0 Å². The van der Waals surface area contributed by atoms with Gasteiger partial charge in [-0.1, -0.05) is 30.6 Å². The number of hydrogen-bond acceptors (Lipinski definition) is 1. The summed E-state index contributed by atoms with van der Waals surface area (Å²) in [4.78, 5) is 2.81. The molecule has 3 nitrogen and oxygen atoms in total. The predicted molar refractivity (Wildman–Crippen MR) is 52.1 cm³/mol. The minimum atomic E-state index is 0.453. The molecule has 3 aliphatic rings. The number of rotatable bonds is 2. The quantitative estimate of drug-likeness (QED) is 0.269. The van der Waals surface area contributed by atoms with E-state index in [-0.39, 0.29) is 0 Å². The van der Waals surface area contributed by atoms with Gasteiger partial charge >= 0.3 is 0 Å². The third-order valence-electron chi connectivity index (χ3n) is 3.90. The van der Waals surface area contributed by atoms with Gasteiger partial charge in [0.2, 0.25) is 0 Å². The Labute approximate surface area is 78.5 Å². The molecule has 0 heterocycles. The van der Waals surface area contributed by atoms with E-state index in [0.717, 1.165) is 5.92 Å². The van der Waals surface area contributed by atoms with E-state index in [4.69, 9.17) is 5.53 Å². The first-order chi connectivity index (χ1) is 6.16. The van der Waals surface area contributed by atoms with Gasteiger partial charge in [0.05, 0.1) is 0 Å². The summed E-state index contributed by atoms with van der Waals surface area (Å²) >= 11 is 0. The van der Waals surface area contributed by atoms with Crippen molar-refractivity contribution in [3.8, 4) is 0 Å². The van der Waals surface area contributed by atoms with E-state index in [0.29, 0.717) is 17.9 Å². The Morgan fingerprint density at radius 1 is 1.69 bits per heavy atom. The molecule has 0 aliphatic heterocycles. The molecule has 2 atom stereocenters. The summed E-state index contributed by atoms with van der Waals surface area (Å²) < 4.78 is 0. The molecule has 0 amide bonds. The molecular formula is C10H15N3. The van der Waals surface area contributed by atoms with Crippen molar-refractivity contribution in [1.29, 1.82) is 0 Å². The largest absolute Gasteiger partial charge is 0.0896 e. The number of hydrogen-bond donors (Lipinski definition) is 0. The van der Waals surface area contributed by atoms with Gasteiger partial charge < -0.3 is 0 Å². The summed E-state index contributed by atoms with van der Waals surface area (Å²) in [6, 6.07) is 0. The van der Waals surface area contributed by atoms with Gasteiger partial charge in [-0.25, -0.2) is 0 Å². The van der Waals surface area contributed by atoms with Crippen molar-refractivity contribution in [1.82, 2.24) is 0 Å². The van der Waals surface area contributed by atoms with E-state index in [1.165, 1.54) is 18.4 Å². The third-order valence-corrected chi connectivity index (χ3v) is 3.90. The molecular weight excluding hydrogens is 162 g/mol. The summed E-state index contributed by atoms with van der Waals surface area (Å²) in [7, 11) is 0. The first kappa shape index (κ1) is 8.64. The molecule has 3 heteroatoms. The van der Waals surface area contributed by atoms with Crippen LogP contribution in [0.25, 0.3) is 10.4 Å². The molecule has 2 bridgehead atoms. The molecule has 3 rings (SSSR count). The van der Waals surface area contributed by atoms with Gasteiger partial charge in [0, 0.05) is 11.5 Å². The van der Waals surface area contributed by atoms with Crippen LogP contribution in [-0.2, 0) is 0 Å². The second-order valence-corrected chi connectivity index (χ2v) is 4.71. The fraction of sp³-hybridized carbons (Fsp3) is 0.800. The Balaban J connectivity index is 2.14. The van der Waals surface area contributed by atoms with Crippen molar-refractivity contribution < 1.29 is 0 Å². The highest BCUT2D eigenvalue weighted by Crippen LogP contribution is 2.59. The summed E-state index contributed by atoms with van der Waals surface area (Å²) in [6.07, 6.45) is 4.76. The molecule has 0 saturated heterocycles. The van der Waals surface area contributed by atoms with Gasteiger partial charge in [0.1, 0.15) is 0 Å². The number of fused-ring (bicyclic) bond motifs is 1. The summed E-state index contributed by atoms with van der Waals surface area (Å²) in [6.45, 7) is 5.24. The van der Waals surface area contributed by atoms with E-state index in [9.17, 15) is 0 Å². The molecule has 2 unspecified atom stereocenters. The highest BCUT2D eigenvalue weighted by Gasteiger charge is 2.50. The lowest BCUT2D eigenvalue weighted by atomic mass is 9.49. The molecule has 1 fully saturated rings. The van der Waals surface area contributed by atoms with Crippen molar-refractivity contribution in [2.75, 3.05) is 6.54 Å². The summed E-state index contributed by atoms with van der Waals surface area (Å²) in [5.41, 5.74) is 10.1. The average molecular weight is 177 g/mol. The molecule has 0 aromatic carbocycles. The van der Waals surface area contributed by atoms with E-state index >= 15 is 0 Å². The number of azide groups is 1. The molecule has 0 radical (unpaired) electrons. The van der Waals surface area contributed by atoms with Gasteiger partial charge in [-0.2, -0.15) is 0 Å². The first-order valence-electron chi connectivity index (χ1n) is 4.86. The van der Waals surface area contributed by atoms with E-state index in [1.54, 1.807) is 0 Å². The Kier molecular flexibility index (Phi) is 1.85. The van der Waals surface area contributed by atoms with Crippen molar-refractivity contribution >= 4 is 0 Å². The average Bonchev–Trinajstić information content (AvgIpc) is 2.14. The molecule has 70 valence electrons. The molecule has 0 spiro atoms. The zero-order chi connectivity index (χ0) is 9.47. The van der Waals surface area contributed by atoms with Crippen molar-refractivity contribution in [3.63, 3.8) is 0 Å². The Morgan fingerprint density at radius 2 is 2.46 bits per heavy atom. The SMILES string of the molecule is CC1(C)C2CC=C(CN=[N+]=[N-])C1C2. The molecule has 3 aliphatic carbocycles. The van der Waals surface area contributed by atoms with Crippen molar-refractivity contribution in [3.05, 3.63) is 22.1 Å². The molecule has 0 N–H and O–H groups in total. The standard InChI is InChI=1S/C10H15N3/c1-10(2)8-4-3-7(6-12-13-11)9(10)5-8/h3,8-9H,4-6H2,1-2H3. The lowest BCUT2D eigenvalue weighted by molar-refractivity contribution is -0.00664. The molecule has 0 aromatic rings. The fourth-order valence-corrected chi connectivity index (χ4v) is 2.77.